The lowest BCUT2D eigenvalue weighted by molar-refractivity contribution is -0.129. The number of aromatic nitrogens is 2. The Morgan fingerprint density at radius 3 is 2.52 bits per heavy atom. The monoisotopic (exact) mass is 314 g/mol. The molecule has 122 valence electrons. The van der Waals surface area contributed by atoms with Crippen LogP contribution in [0.3, 0.4) is 0 Å². The molecule has 0 unspecified atom stereocenters. The molecule has 2 N–H and O–H groups in total. The summed E-state index contributed by atoms with van der Waals surface area (Å²) in [7, 11) is 1.55. The molecular formula is C17H22N4O2. The molecule has 0 aliphatic heterocycles. The van der Waals surface area contributed by atoms with Gasteiger partial charge in [0, 0.05) is 25.4 Å². The number of hydrogen-bond donors (Lipinski definition) is 2. The Bertz CT molecular complexity index is 664. The number of nitrogens with one attached hydrogen (secondary N) is 2. The number of imidazole rings is 1. The van der Waals surface area contributed by atoms with E-state index >= 15 is 0 Å². The molecule has 1 aromatic heterocycles. The van der Waals surface area contributed by atoms with E-state index in [0.29, 0.717) is 0 Å². The highest BCUT2D eigenvalue weighted by atomic mass is 16.2. The number of likely N-dealkylation sites (N-methyl/N-ethyl adjacent to an activating group) is 1. The van der Waals surface area contributed by atoms with Crippen molar-refractivity contribution < 1.29 is 9.59 Å². The summed E-state index contributed by atoms with van der Waals surface area (Å²) in [6.45, 7) is 4.18. The normalized spacial score (nSPS) is 12.0. The number of hydrogen-bond acceptors (Lipinski definition) is 3. The zero-order valence-electron chi connectivity index (χ0n) is 13.6. The lowest BCUT2D eigenvalue weighted by Crippen LogP contribution is -2.40. The van der Waals surface area contributed by atoms with Gasteiger partial charge in [0.25, 0.3) is 0 Å². The third-order valence-corrected chi connectivity index (χ3v) is 3.52. The Balaban J connectivity index is 2.12. The maximum Gasteiger partial charge on any atom is 0.246 e. The number of nitrogens with zero attached hydrogens (tertiary/aromatic N) is 2. The maximum atomic E-state index is 12.3. The molecule has 0 aliphatic rings. The fourth-order valence-corrected chi connectivity index (χ4v) is 2.41. The molecule has 0 fully saturated rings. The highest BCUT2D eigenvalue weighted by Gasteiger charge is 2.22. The number of rotatable bonds is 6. The van der Waals surface area contributed by atoms with Crippen LogP contribution in [0.25, 0.3) is 0 Å². The van der Waals surface area contributed by atoms with Crippen LogP contribution in [0.4, 0.5) is 0 Å². The average Bonchev–Trinajstić information content (AvgIpc) is 3.01. The zero-order valence-corrected chi connectivity index (χ0v) is 13.6. The number of benzene rings is 1. The number of carbonyl (C=O) groups is 2. The van der Waals surface area contributed by atoms with Crippen molar-refractivity contribution in [1.82, 2.24) is 20.2 Å². The van der Waals surface area contributed by atoms with Gasteiger partial charge in [-0.2, -0.15) is 0 Å². The van der Waals surface area contributed by atoms with Gasteiger partial charge in [-0.05, 0) is 5.56 Å². The Kier molecular flexibility index (Phi) is 5.51. The summed E-state index contributed by atoms with van der Waals surface area (Å²) in [5.41, 5.74) is 0.745. The summed E-state index contributed by atoms with van der Waals surface area (Å²) in [6, 6.07) is 8.47. The fraction of sp³-hybridized carbons (Fsp3) is 0.353. The van der Waals surface area contributed by atoms with Crippen LogP contribution in [-0.2, 0) is 16.1 Å². The van der Waals surface area contributed by atoms with Crippen LogP contribution in [0.5, 0.6) is 0 Å². The van der Waals surface area contributed by atoms with Gasteiger partial charge in [-0.25, -0.2) is 4.98 Å². The standard InChI is InChI=1S/C17H22N4O2/c1-12(2)16-19-9-10-21(16)11-14(22)20-15(17(23)18-3)13-7-5-4-6-8-13/h4-10,12,15H,11H2,1-3H3,(H,18,23)(H,20,22)/t15-/m1/s1. The van der Waals surface area contributed by atoms with Crippen LogP contribution in [0, 0.1) is 0 Å². The predicted octanol–water partition coefficient (Wildman–Crippen LogP) is 1.61. The van der Waals surface area contributed by atoms with Crippen molar-refractivity contribution in [3.05, 3.63) is 54.1 Å². The molecule has 2 rings (SSSR count). The second kappa shape index (κ2) is 7.58. The molecule has 0 saturated carbocycles. The van der Waals surface area contributed by atoms with Crippen molar-refractivity contribution in [3.63, 3.8) is 0 Å². The second-order valence-electron chi connectivity index (χ2n) is 5.59. The molecule has 0 bridgehead atoms. The third-order valence-electron chi connectivity index (χ3n) is 3.52. The molecule has 0 saturated heterocycles. The Hall–Kier alpha value is -2.63. The molecule has 1 heterocycles. The molecule has 2 aromatic rings. The van der Waals surface area contributed by atoms with Crippen molar-refractivity contribution in [2.24, 2.45) is 0 Å². The fourth-order valence-electron chi connectivity index (χ4n) is 2.41. The first-order chi connectivity index (χ1) is 11.0. The molecule has 2 amide bonds. The Labute approximate surface area is 135 Å². The Morgan fingerprint density at radius 1 is 1.22 bits per heavy atom. The molecule has 0 spiro atoms. The lowest BCUT2D eigenvalue weighted by Gasteiger charge is -2.18. The van der Waals surface area contributed by atoms with Crippen LogP contribution >= 0.6 is 0 Å². The van der Waals surface area contributed by atoms with Crippen molar-refractivity contribution in [2.75, 3.05) is 7.05 Å². The van der Waals surface area contributed by atoms with E-state index in [9.17, 15) is 9.59 Å². The van der Waals surface area contributed by atoms with Crippen molar-refractivity contribution >= 4 is 11.8 Å². The summed E-state index contributed by atoms with van der Waals surface area (Å²) in [5, 5.41) is 5.37. The SMILES string of the molecule is CNC(=O)[C@H](NC(=O)Cn1ccnc1C(C)C)c1ccccc1. The van der Waals surface area contributed by atoms with Crippen molar-refractivity contribution in [2.45, 2.75) is 32.4 Å². The first kappa shape index (κ1) is 16.7. The molecule has 1 aromatic carbocycles. The van der Waals surface area contributed by atoms with E-state index in [4.69, 9.17) is 0 Å². The molecular weight excluding hydrogens is 292 g/mol. The van der Waals surface area contributed by atoms with Gasteiger partial charge < -0.3 is 15.2 Å². The zero-order chi connectivity index (χ0) is 16.8. The minimum atomic E-state index is -0.709. The minimum Gasteiger partial charge on any atom is -0.357 e. The van der Waals surface area contributed by atoms with Crippen molar-refractivity contribution in [1.29, 1.82) is 0 Å². The van der Waals surface area contributed by atoms with Crippen LogP contribution < -0.4 is 10.6 Å². The molecule has 6 nitrogen and oxygen atoms in total. The van der Waals surface area contributed by atoms with Crippen LogP contribution in [0.1, 0.15) is 37.2 Å². The van der Waals surface area contributed by atoms with E-state index in [0.717, 1.165) is 11.4 Å². The number of amides is 2. The van der Waals surface area contributed by atoms with Crippen LogP contribution in [0.15, 0.2) is 42.7 Å². The Morgan fingerprint density at radius 2 is 1.91 bits per heavy atom. The van der Waals surface area contributed by atoms with Gasteiger partial charge in [-0.3, -0.25) is 9.59 Å². The van der Waals surface area contributed by atoms with E-state index in [1.165, 1.54) is 0 Å². The molecule has 0 aliphatic carbocycles. The summed E-state index contributed by atoms with van der Waals surface area (Å²) in [6.07, 6.45) is 3.45. The van der Waals surface area contributed by atoms with Crippen molar-refractivity contribution in [3.8, 4) is 0 Å². The summed E-state index contributed by atoms with van der Waals surface area (Å²) < 4.78 is 1.80. The molecule has 23 heavy (non-hydrogen) atoms. The summed E-state index contributed by atoms with van der Waals surface area (Å²) in [4.78, 5) is 28.7. The second-order valence-corrected chi connectivity index (χ2v) is 5.59. The largest absolute Gasteiger partial charge is 0.357 e. The third kappa shape index (κ3) is 4.18. The number of carbonyl (C=O) groups excluding carboxylic acids is 2. The minimum absolute atomic E-state index is 0.133. The van der Waals surface area contributed by atoms with E-state index in [-0.39, 0.29) is 24.3 Å². The predicted molar refractivity (Wildman–Crippen MR) is 87.7 cm³/mol. The van der Waals surface area contributed by atoms with Crippen LogP contribution in [-0.4, -0.2) is 28.4 Å². The van der Waals surface area contributed by atoms with Gasteiger partial charge in [0.2, 0.25) is 11.8 Å². The highest BCUT2D eigenvalue weighted by Crippen LogP contribution is 2.14. The van der Waals surface area contributed by atoms with Gasteiger partial charge in [-0.15, -0.1) is 0 Å². The highest BCUT2D eigenvalue weighted by molar-refractivity contribution is 5.88. The van der Waals surface area contributed by atoms with Crippen LogP contribution in [0.2, 0.25) is 0 Å². The van der Waals surface area contributed by atoms with Gasteiger partial charge >= 0.3 is 0 Å². The van der Waals surface area contributed by atoms with Gasteiger partial charge in [-0.1, -0.05) is 44.2 Å². The smallest absolute Gasteiger partial charge is 0.246 e. The molecule has 0 radical (unpaired) electrons. The molecule has 6 heteroatoms. The van der Waals surface area contributed by atoms with Gasteiger partial charge in [0.1, 0.15) is 18.4 Å². The van der Waals surface area contributed by atoms with E-state index < -0.39 is 6.04 Å². The first-order valence-electron chi connectivity index (χ1n) is 7.60. The summed E-state index contributed by atoms with van der Waals surface area (Å²) >= 11 is 0. The van der Waals surface area contributed by atoms with E-state index in [1.807, 2.05) is 44.2 Å². The van der Waals surface area contributed by atoms with Gasteiger partial charge in [0.05, 0.1) is 0 Å². The average molecular weight is 314 g/mol. The van der Waals surface area contributed by atoms with E-state index in [1.54, 1.807) is 24.0 Å². The maximum absolute atomic E-state index is 12.3. The topological polar surface area (TPSA) is 76.0 Å². The molecule has 1 atom stereocenters. The quantitative estimate of drug-likeness (QED) is 0.850. The lowest BCUT2D eigenvalue weighted by atomic mass is 10.1. The summed E-state index contributed by atoms with van der Waals surface area (Å²) in [5.74, 6) is 0.583. The first-order valence-corrected chi connectivity index (χ1v) is 7.60. The van der Waals surface area contributed by atoms with E-state index in [2.05, 4.69) is 15.6 Å². The van der Waals surface area contributed by atoms with Gasteiger partial charge in [0.15, 0.2) is 0 Å².